The van der Waals surface area contributed by atoms with E-state index in [4.69, 9.17) is 0 Å². The number of hydrogen-bond acceptors (Lipinski definition) is 4. The van der Waals surface area contributed by atoms with Crippen LogP contribution in [0, 0.1) is 0 Å². The van der Waals surface area contributed by atoms with Gasteiger partial charge >= 0.3 is 5.97 Å². The summed E-state index contributed by atoms with van der Waals surface area (Å²) in [5.74, 6) is -0.920. The van der Waals surface area contributed by atoms with E-state index in [9.17, 15) is 14.7 Å². The minimum atomic E-state index is -1.21. The summed E-state index contributed by atoms with van der Waals surface area (Å²) in [6, 6.07) is 11.3. The van der Waals surface area contributed by atoms with Gasteiger partial charge in [0.1, 0.15) is 5.69 Å². The van der Waals surface area contributed by atoms with Crippen LogP contribution in [0.25, 0.3) is 5.69 Å². The van der Waals surface area contributed by atoms with Gasteiger partial charge in [-0.2, -0.15) is 10.2 Å². The van der Waals surface area contributed by atoms with E-state index in [0.29, 0.717) is 17.3 Å². The van der Waals surface area contributed by atoms with E-state index in [1.165, 1.54) is 17.1 Å². The third kappa shape index (κ3) is 3.28. The molecule has 1 aliphatic rings. The van der Waals surface area contributed by atoms with E-state index in [2.05, 4.69) is 15.5 Å². The van der Waals surface area contributed by atoms with Crippen molar-refractivity contribution < 1.29 is 14.7 Å². The number of benzene rings is 1. The highest BCUT2D eigenvalue weighted by Crippen LogP contribution is 2.39. The van der Waals surface area contributed by atoms with Crippen LogP contribution in [0.5, 0.6) is 0 Å². The molecule has 8 heteroatoms. The summed E-state index contributed by atoms with van der Waals surface area (Å²) >= 11 is 0. The molecule has 28 heavy (non-hydrogen) atoms. The average Bonchev–Trinajstić information content (AvgIpc) is 3.25. The number of anilines is 1. The van der Waals surface area contributed by atoms with Crippen molar-refractivity contribution in [3.05, 3.63) is 60.2 Å². The standard InChI is InChI=1S/C20H21N5O3/c1-20(2,19(27)28)24-12-14(11-21-24)22-18(26)17-10-16(13-8-9-13)23-25(17)15-6-4-3-5-7-15/h3-7,10-13H,8-9H2,1-2H3,(H,22,26)(H,27,28). The Balaban J connectivity index is 1.62. The van der Waals surface area contributed by atoms with E-state index in [0.717, 1.165) is 24.2 Å². The fourth-order valence-electron chi connectivity index (χ4n) is 2.89. The Labute approximate surface area is 161 Å². The van der Waals surface area contributed by atoms with E-state index >= 15 is 0 Å². The first kappa shape index (κ1) is 18.0. The molecule has 2 N–H and O–H groups in total. The molecule has 1 saturated carbocycles. The molecule has 0 saturated heterocycles. The zero-order valence-electron chi connectivity index (χ0n) is 15.7. The topological polar surface area (TPSA) is 102 Å². The van der Waals surface area contributed by atoms with Crippen LogP contribution in [0.1, 0.15) is 48.8 Å². The summed E-state index contributed by atoms with van der Waals surface area (Å²) in [5.41, 5.74) is 1.36. The Morgan fingerprint density at radius 2 is 1.93 bits per heavy atom. The van der Waals surface area contributed by atoms with Gasteiger partial charge in [0.2, 0.25) is 0 Å². The van der Waals surface area contributed by atoms with E-state index < -0.39 is 11.5 Å². The van der Waals surface area contributed by atoms with Gasteiger partial charge in [0.15, 0.2) is 5.54 Å². The number of carboxylic acids is 1. The van der Waals surface area contributed by atoms with E-state index in [1.54, 1.807) is 18.5 Å². The lowest BCUT2D eigenvalue weighted by molar-refractivity contribution is -0.146. The smallest absolute Gasteiger partial charge is 0.331 e. The molecule has 8 nitrogen and oxygen atoms in total. The first-order valence-corrected chi connectivity index (χ1v) is 9.11. The molecule has 3 aromatic rings. The van der Waals surface area contributed by atoms with Gasteiger partial charge in [0, 0.05) is 12.1 Å². The number of carboxylic acid groups (broad SMARTS) is 1. The molecule has 0 unspecified atom stereocenters. The van der Waals surface area contributed by atoms with Gasteiger partial charge in [-0.25, -0.2) is 9.48 Å². The van der Waals surface area contributed by atoms with Gasteiger partial charge in [-0.3, -0.25) is 9.48 Å². The van der Waals surface area contributed by atoms with Gasteiger partial charge in [-0.05, 0) is 44.9 Å². The summed E-state index contributed by atoms with van der Waals surface area (Å²) in [6.07, 6.45) is 5.12. The van der Waals surface area contributed by atoms with Crippen molar-refractivity contribution in [2.45, 2.75) is 38.1 Å². The molecule has 0 radical (unpaired) electrons. The number of amides is 1. The summed E-state index contributed by atoms with van der Waals surface area (Å²) in [6.45, 7) is 3.08. The molecule has 0 spiro atoms. The zero-order chi connectivity index (χ0) is 19.9. The lowest BCUT2D eigenvalue weighted by Crippen LogP contribution is -2.35. The van der Waals surface area contributed by atoms with Crippen molar-refractivity contribution in [3.8, 4) is 5.69 Å². The highest BCUT2D eigenvalue weighted by molar-refractivity contribution is 6.03. The largest absolute Gasteiger partial charge is 0.479 e. The Morgan fingerprint density at radius 3 is 2.57 bits per heavy atom. The van der Waals surface area contributed by atoms with Gasteiger partial charge in [-0.1, -0.05) is 18.2 Å². The second kappa shape index (κ2) is 6.63. The number of aliphatic carboxylic acids is 1. The number of carbonyl (C=O) groups is 2. The number of carbonyl (C=O) groups excluding carboxylic acids is 1. The van der Waals surface area contributed by atoms with Gasteiger partial charge in [0.05, 0.1) is 23.3 Å². The van der Waals surface area contributed by atoms with E-state index in [1.807, 2.05) is 36.4 Å². The monoisotopic (exact) mass is 379 g/mol. The average molecular weight is 379 g/mol. The molecule has 0 atom stereocenters. The summed E-state index contributed by atoms with van der Waals surface area (Å²) in [4.78, 5) is 24.3. The van der Waals surface area contributed by atoms with Crippen LogP contribution in [0.15, 0.2) is 48.8 Å². The maximum atomic E-state index is 12.9. The molecule has 1 fully saturated rings. The normalized spacial score (nSPS) is 14.1. The molecule has 144 valence electrons. The summed E-state index contributed by atoms with van der Waals surface area (Å²) < 4.78 is 2.96. The second-order valence-corrected chi connectivity index (χ2v) is 7.47. The van der Waals surface area contributed by atoms with Crippen molar-refractivity contribution in [1.82, 2.24) is 19.6 Å². The molecule has 1 amide bonds. The SMILES string of the molecule is CC(C)(C(=O)O)n1cc(NC(=O)c2cc(C3CC3)nn2-c2ccccc2)cn1. The fourth-order valence-corrected chi connectivity index (χ4v) is 2.89. The van der Waals surface area contributed by atoms with Crippen LogP contribution < -0.4 is 5.32 Å². The van der Waals surface area contributed by atoms with Crippen molar-refractivity contribution in [1.29, 1.82) is 0 Å². The van der Waals surface area contributed by atoms with Crippen LogP contribution in [-0.2, 0) is 10.3 Å². The van der Waals surface area contributed by atoms with Gasteiger partial charge in [0.25, 0.3) is 5.91 Å². The quantitative estimate of drug-likeness (QED) is 0.685. The number of hydrogen-bond donors (Lipinski definition) is 2. The third-order valence-electron chi connectivity index (χ3n) is 4.89. The molecule has 2 aromatic heterocycles. The molecular weight excluding hydrogens is 358 g/mol. The minimum absolute atomic E-state index is 0.323. The second-order valence-electron chi connectivity index (χ2n) is 7.47. The molecular formula is C20H21N5O3. The number of aromatic nitrogens is 4. The Kier molecular flexibility index (Phi) is 4.26. The lowest BCUT2D eigenvalue weighted by Gasteiger charge is -2.19. The molecule has 2 heterocycles. The number of nitrogens with one attached hydrogen (secondary N) is 1. The van der Waals surface area contributed by atoms with Gasteiger partial charge < -0.3 is 10.4 Å². The van der Waals surface area contributed by atoms with Crippen LogP contribution in [0.3, 0.4) is 0 Å². The fraction of sp³-hybridized carbons (Fsp3) is 0.300. The third-order valence-corrected chi connectivity index (χ3v) is 4.89. The van der Waals surface area contributed by atoms with Crippen molar-refractivity contribution in [2.75, 3.05) is 5.32 Å². The molecule has 4 rings (SSSR count). The maximum Gasteiger partial charge on any atom is 0.331 e. The highest BCUT2D eigenvalue weighted by Gasteiger charge is 2.31. The maximum absolute atomic E-state index is 12.9. The summed E-state index contributed by atoms with van der Waals surface area (Å²) in [7, 11) is 0. The van der Waals surface area contributed by atoms with Gasteiger partial charge in [-0.15, -0.1) is 0 Å². The van der Waals surface area contributed by atoms with E-state index in [-0.39, 0.29) is 5.91 Å². The van der Waals surface area contributed by atoms with Crippen molar-refractivity contribution in [3.63, 3.8) is 0 Å². The zero-order valence-corrected chi connectivity index (χ0v) is 15.7. The van der Waals surface area contributed by atoms with Crippen LogP contribution in [-0.4, -0.2) is 36.5 Å². The predicted octanol–water partition coefficient (Wildman–Crippen LogP) is 3.02. The van der Waals surface area contributed by atoms with Crippen LogP contribution in [0.4, 0.5) is 5.69 Å². The summed E-state index contributed by atoms with van der Waals surface area (Å²) in [5, 5.41) is 20.8. The first-order valence-electron chi connectivity index (χ1n) is 9.11. The Morgan fingerprint density at radius 1 is 1.21 bits per heavy atom. The van der Waals surface area contributed by atoms with Crippen LogP contribution in [0.2, 0.25) is 0 Å². The molecule has 1 aromatic carbocycles. The Hall–Kier alpha value is -3.42. The molecule has 0 aliphatic heterocycles. The first-order chi connectivity index (χ1) is 13.4. The lowest BCUT2D eigenvalue weighted by atomic mass is 10.1. The minimum Gasteiger partial charge on any atom is -0.479 e. The molecule has 0 bridgehead atoms. The number of rotatable bonds is 6. The van der Waals surface area contributed by atoms with Crippen molar-refractivity contribution in [2.24, 2.45) is 0 Å². The van der Waals surface area contributed by atoms with Crippen molar-refractivity contribution >= 4 is 17.6 Å². The highest BCUT2D eigenvalue weighted by atomic mass is 16.4. The number of nitrogens with zero attached hydrogens (tertiary/aromatic N) is 4. The number of para-hydroxylation sites is 1. The predicted molar refractivity (Wildman–Crippen MR) is 103 cm³/mol. The van der Waals surface area contributed by atoms with Crippen LogP contribution >= 0.6 is 0 Å². The molecule has 1 aliphatic carbocycles. The Bertz CT molecular complexity index is 1030.